The van der Waals surface area contributed by atoms with Crippen LogP contribution in [0.15, 0.2) is 10.5 Å². The Labute approximate surface area is 130 Å². The van der Waals surface area contributed by atoms with Gasteiger partial charge in [0.05, 0.1) is 19.9 Å². The number of hydrogen-bond acceptors (Lipinski definition) is 6. The first kappa shape index (κ1) is 17.0. The molecular weight excluding hydrogens is 308 g/mol. The van der Waals surface area contributed by atoms with Crippen molar-refractivity contribution in [3.63, 3.8) is 0 Å². The summed E-state index contributed by atoms with van der Waals surface area (Å²) in [7, 11) is -1.81. The van der Waals surface area contributed by atoms with Crippen molar-refractivity contribution in [1.82, 2.24) is 9.62 Å². The second kappa shape index (κ2) is 6.80. The van der Waals surface area contributed by atoms with E-state index in [2.05, 4.69) is 9.62 Å². The van der Waals surface area contributed by atoms with Gasteiger partial charge in [-0.2, -0.15) is 0 Å². The van der Waals surface area contributed by atoms with Gasteiger partial charge in [-0.3, -0.25) is 4.90 Å². The molecule has 0 bridgehead atoms. The zero-order valence-electron chi connectivity index (χ0n) is 13.1. The number of likely N-dealkylation sites (tertiary alicyclic amines) is 1. The van der Waals surface area contributed by atoms with Gasteiger partial charge in [0.2, 0.25) is 10.0 Å². The molecule has 1 fully saturated rings. The summed E-state index contributed by atoms with van der Waals surface area (Å²) in [6.45, 7) is 3.89. The number of hydrogen-bond donors (Lipinski definition) is 1. The zero-order chi connectivity index (χ0) is 16.3. The second-order valence-corrected chi connectivity index (χ2v) is 7.39. The lowest BCUT2D eigenvalue weighted by atomic mass is 10.1. The number of ether oxygens (including phenoxy) is 1. The fourth-order valence-electron chi connectivity index (χ4n) is 2.67. The minimum Gasteiger partial charge on any atom is -0.465 e. The Bertz CT molecular complexity index is 630. The highest BCUT2D eigenvalue weighted by Gasteiger charge is 2.23. The molecule has 7 nitrogen and oxygen atoms in total. The first-order valence-electron chi connectivity index (χ1n) is 7.16. The van der Waals surface area contributed by atoms with Crippen LogP contribution in [0.2, 0.25) is 0 Å². The SMILES string of the molecule is COC(=O)c1cc(CN2CCC(NS(C)(=O)=O)CC2)oc1C. The zero-order valence-corrected chi connectivity index (χ0v) is 13.9. The summed E-state index contributed by atoms with van der Waals surface area (Å²) in [4.78, 5) is 13.7. The predicted octanol–water partition coefficient (Wildman–Crippen LogP) is 0.888. The van der Waals surface area contributed by atoms with Gasteiger partial charge >= 0.3 is 5.97 Å². The number of rotatable bonds is 5. The highest BCUT2D eigenvalue weighted by atomic mass is 32.2. The van der Waals surface area contributed by atoms with Crippen molar-refractivity contribution in [3.8, 4) is 0 Å². The van der Waals surface area contributed by atoms with Crippen molar-refractivity contribution < 1.29 is 22.4 Å². The summed E-state index contributed by atoms with van der Waals surface area (Å²) in [5.41, 5.74) is 0.450. The van der Waals surface area contributed by atoms with E-state index in [9.17, 15) is 13.2 Å². The molecule has 0 aromatic carbocycles. The van der Waals surface area contributed by atoms with E-state index in [0.29, 0.717) is 23.6 Å². The maximum atomic E-state index is 11.6. The van der Waals surface area contributed by atoms with Crippen LogP contribution in [-0.2, 0) is 21.3 Å². The van der Waals surface area contributed by atoms with E-state index >= 15 is 0 Å². The van der Waals surface area contributed by atoms with Crippen LogP contribution in [-0.4, -0.2) is 51.8 Å². The minimum absolute atomic E-state index is 0.00443. The van der Waals surface area contributed by atoms with Gasteiger partial charge < -0.3 is 9.15 Å². The Hall–Kier alpha value is -1.38. The van der Waals surface area contributed by atoms with E-state index in [0.717, 1.165) is 25.9 Å². The van der Waals surface area contributed by atoms with Gasteiger partial charge in [0.15, 0.2) is 0 Å². The molecule has 1 aliphatic rings. The number of furan rings is 1. The normalized spacial score (nSPS) is 17.6. The molecule has 1 aliphatic heterocycles. The third kappa shape index (κ3) is 4.56. The standard InChI is InChI=1S/C14H22N2O5S/c1-10-13(14(17)20-2)8-12(21-10)9-16-6-4-11(5-7-16)15-22(3,18)19/h8,11,15H,4-7,9H2,1-3H3. The number of nitrogens with zero attached hydrogens (tertiary/aromatic N) is 1. The molecule has 0 atom stereocenters. The Kier molecular flexibility index (Phi) is 5.25. The van der Waals surface area contributed by atoms with Crippen LogP contribution in [0.3, 0.4) is 0 Å². The molecule has 2 heterocycles. The van der Waals surface area contributed by atoms with Crippen LogP contribution < -0.4 is 4.72 Å². The van der Waals surface area contributed by atoms with Gasteiger partial charge in [0, 0.05) is 19.1 Å². The van der Waals surface area contributed by atoms with E-state index in [1.165, 1.54) is 13.4 Å². The van der Waals surface area contributed by atoms with Crippen LogP contribution >= 0.6 is 0 Å². The second-order valence-electron chi connectivity index (χ2n) is 5.61. The van der Waals surface area contributed by atoms with Gasteiger partial charge in [0.25, 0.3) is 0 Å². The molecule has 124 valence electrons. The lowest BCUT2D eigenvalue weighted by molar-refractivity contribution is 0.0599. The summed E-state index contributed by atoms with van der Waals surface area (Å²) >= 11 is 0. The highest BCUT2D eigenvalue weighted by Crippen LogP contribution is 2.19. The smallest absolute Gasteiger partial charge is 0.341 e. The third-order valence-corrected chi connectivity index (χ3v) is 4.48. The van der Waals surface area contributed by atoms with Crippen molar-refractivity contribution in [3.05, 3.63) is 23.2 Å². The van der Waals surface area contributed by atoms with Crippen molar-refractivity contribution in [2.45, 2.75) is 32.4 Å². The molecular formula is C14H22N2O5S. The van der Waals surface area contributed by atoms with Crippen molar-refractivity contribution >= 4 is 16.0 Å². The molecule has 2 rings (SSSR count). The van der Waals surface area contributed by atoms with Crippen LogP contribution in [0, 0.1) is 6.92 Å². The predicted molar refractivity (Wildman–Crippen MR) is 81.1 cm³/mol. The van der Waals surface area contributed by atoms with Gasteiger partial charge in [-0.05, 0) is 25.8 Å². The summed E-state index contributed by atoms with van der Waals surface area (Å²) < 4.78 is 35.4. The molecule has 1 N–H and O–H groups in total. The minimum atomic E-state index is -3.15. The topological polar surface area (TPSA) is 88.9 Å². The van der Waals surface area contributed by atoms with Gasteiger partial charge in [0.1, 0.15) is 17.1 Å². The van der Waals surface area contributed by atoms with Crippen LogP contribution in [0.4, 0.5) is 0 Å². The van der Waals surface area contributed by atoms with Crippen LogP contribution in [0.5, 0.6) is 0 Å². The average Bonchev–Trinajstić information content (AvgIpc) is 2.79. The van der Waals surface area contributed by atoms with Crippen molar-refractivity contribution in [2.75, 3.05) is 26.5 Å². The molecule has 1 aromatic heterocycles. The molecule has 0 radical (unpaired) electrons. The molecule has 1 saturated heterocycles. The van der Waals surface area contributed by atoms with E-state index in [1.54, 1.807) is 13.0 Å². The number of piperidine rings is 1. The monoisotopic (exact) mass is 330 g/mol. The molecule has 0 saturated carbocycles. The molecule has 0 aliphatic carbocycles. The maximum Gasteiger partial charge on any atom is 0.341 e. The summed E-state index contributed by atoms with van der Waals surface area (Å²) in [6.07, 6.45) is 2.70. The van der Waals surface area contributed by atoms with E-state index in [4.69, 9.17) is 9.15 Å². The number of methoxy groups -OCH3 is 1. The number of nitrogens with one attached hydrogen (secondary N) is 1. The number of carbonyl (C=O) groups is 1. The number of esters is 1. The summed E-state index contributed by atoms with van der Waals surface area (Å²) in [5, 5.41) is 0. The Morgan fingerprint density at radius 3 is 2.64 bits per heavy atom. The number of sulfonamides is 1. The first-order valence-corrected chi connectivity index (χ1v) is 9.05. The summed E-state index contributed by atoms with van der Waals surface area (Å²) in [5.74, 6) is 0.867. The molecule has 22 heavy (non-hydrogen) atoms. The fraction of sp³-hybridized carbons (Fsp3) is 0.643. The largest absolute Gasteiger partial charge is 0.465 e. The molecule has 0 amide bonds. The highest BCUT2D eigenvalue weighted by molar-refractivity contribution is 7.88. The fourth-order valence-corrected chi connectivity index (χ4v) is 3.51. The molecule has 1 aromatic rings. The van der Waals surface area contributed by atoms with Gasteiger partial charge in [-0.1, -0.05) is 0 Å². The quantitative estimate of drug-likeness (QED) is 0.807. The number of aryl methyl sites for hydroxylation is 1. The van der Waals surface area contributed by atoms with E-state index < -0.39 is 16.0 Å². The summed E-state index contributed by atoms with van der Waals surface area (Å²) in [6, 6.07) is 1.71. The maximum absolute atomic E-state index is 11.6. The lowest BCUT2D eigenvalue weighted by Crippen LogP contribution is -2.43. The third-order valence-electron chi connectivity index (χ3n) is 3.72. The van der Waals surface area contributed by atoms with Crippen LogP contribution in [0.25, 0.3) is 0 Å². The van der Waals surface area contributed by atoms with E-state index in [1.807, 2.05) is 0 Å². The molecule has 8 heteroatoms. The lowest BCUT2D eigenvalue weighted by Gasteiger charge is -2.31. The van der Waals surface area contributed by atoms with E-state index in [-0.39, 0.29) is 6.04 Å². The van der Waals surface area contributed by atoms with Crippen molar-refractivity contribution in [2.24, 2.45) is 0 Å². The Morgan fingerprint density at radius 2 is 2.09 bits per heavy atom. The molecule has 0 unspecified atom stereocenters. The average molecular weight is 330 g/mol. The first-order chi connectivity index (χ1) is 10.3. The van der Waals surface area contributed by atoms with Crippen molar-refractivity contribution in [1.29, 1.82) is 0 Å². The Balaban J connectivity index is 1.90. The Morgan fingerprint density at radius 1 is 1.45 bits per heavy atom. The number of carbonyl (C=O) groups excluding carboxylic acids is 1. The van der Waals surface area contributed by atoms with Gasteiger partial charge in [-0.15, -0.1) is 0 Å². The molecule has 0 spiro atoms. The van der Waals surface area contributed by atoms with Gasteiger partial charge in [-0.25, -0.2) is 17.9 Å². The van der Waals surface area contributed by atoms with Crippen LogP contribution in [0.1, 0.15) is 34.7 Å².